The molecule has 2 fully saturated rings. The van der Waals surface area contributed by atoms with Gasteiger partial charge in [0.25, 0.3) is 0 Å². The van der Waals surface area contributed by atoms with Gasteiger partial charge in [-0.25, -0.2) is 0 Å². The first-order chi connectivity index (χ1) is 20.0. The van der Waals surface area contributed by atoms with Gasteiger partial charge in [-0.2, -0.15) is 0 Å². The van der Waals surface area contributed by atoms with E-state index in [0.29, 0.717) is 13.0 Å². The largest absolute Gasteiger partial charge is 0.497 e. The second-order valence-corrected chi connectivity index (χ2v) is 11.5. The molecule has 1 aromatic heterocycles. The molecule has 1 unspecified atom stereocenters. The number of nitrogens with zero attached hydrogens (tertiary/aromatic N) is 2. The third-order valence-corrected chi connectivity index (χ3v) is 8.49. The van der Waals surface area contributed by atoms with Crippen LogP contribution >= 0.6 is 0 Å². The molecule has 2 heterocycles. The number of amides is 2. The molecule has 2 aromatic carbocycles. The summed E-state index contributed by atoms with van der Waals surface area (Å²) in [6.45, 7) is 2.80. The maximum absolute atomic E-state index is 13.6. The molecule has 5 rings (SSSR count). The van der Waals surface area contributed by atoms with Crippen LogP contribution in [0, 0.1) is 0 Å². The highest BCUT2D eigenvalue weighted by atomic mass is 16.5. The van der Waals surface area contributed by atoms with Crippen molar-refractivity contribution >= 4 is 28.4 Å². The van der Waals surface area contributed by atoms with E-state index in [1.54, 1.807) is 13.3 Å². The Bertz CT molecular complexity index is 1320. The minimum absolute atomic E-state index is 0.0443. The van der Waals surface area contributed by atoms with Crippen molar-refractivity contribution in [3.63, 3.8) is 0 Å². The lowest BCUT2D eigenvalue weighted by molar-refractivity contribution is -0.138. The van der Waals surface area contributed by atoms with E-state index in [2.05, 4.69) is 40.0 Å². The van der Waals surface area contributed by atoms with Crippen LogP contribution in [0.3, 0.4) is 0 Å². The molecule has 3 aromatic rings. The zero-order chi connectivity index (χ0) is 28.7. The predicted molar refractivity (Wildman–Crippen MR) is 163 cm³/mol. The molecule has 8 nitrogen and oxygen atoms in total. The predicted octanol–water partition coefficient (Wildman–Crippen LogP) is 5.03. The molecule has 3 N–H and O–H groups in total. The summed E-state index contributed by atoms with van der Waals surface area (Å²) in [5.74, 6) is 0.742. The average molecular weight is 558 g/mol. The van der Waals surface area contributed by atoms with Crippen molar-refractivity contribution < 1.29 is 14.3 Å². The Hall–Kier alpha value is -3.65. The lowest BCUT2D eigenvalue weighted by atomic mass is 9.99. The maximum atomic E-state index is 13.6. The number of hydrogen-bond acceptors (Lipinski definition) is 6. The minimum atomic E-state index is -0.420. The van der Waals surface area contributed by atoms with Crippen molar-refractivity contribution in [1.29, 1.82) is 0 Å². The van der Waals surface area contributed by atoms with Crippen molar-refractivity contribution in [1.82, 2.24) is 20.5 Å². The fourth-order valence-electron chi connectivity index (χ4n) is 6.37. The van der Waals surface area contributed by atoms with Crippen molar-refractivity contribution in [3.05, 3.63) is 66.4 Å². The molecule has 8 heteroatoms. The first-order valence-electron chi connectivity index (χ1n) is 15.1. The Kier molecular flexibility index (Phi) is 9.39. The highest BCUT2D eigenvalue weighted by Crippen LogP contribution is 2.36. The van der Waals surface area contributed by atoms with E-state index in [1.165, 1.54) is 12.8 Å². The molecule has 0 bridgehead atoms. The van der Waals surface area contributed by atoms with Gasteiger partial charge in [0, 0.05) is 30.2 Å². The standard InChI is InChI=1S/C33H43N5O3/c1-24(36-28-22-27(41-2)21-26-15-11-19-35-31(26)28)12-10-18-34-30(39)23-38-32(40)29(20-25-13-6-5-7-14-25)37-33(38)16-8-3-4-9-17-33/h5-7,11,13-15,19,21-22,24,29,36-37H,3-4,8-10,12,16-18,20,23H2,1-2H3,(H,34,39)/t24?,29-/m0/s1. The third kappa shape index (κ3) is 6.99. The van der Waals surface area contributed by atoms with E-state index >= 15 is 0 Å². The molecule has 1 spiro atoms. The number of ether oxygens (including phenoxy) is 1. The van der Waals surface area contributed by atoms with Gasteiger partial charge >= 0.3 is 0 Å². The number of benzene rings is 2. The van der Waals surface area contributed by atoms with E-state index in [4.69, 9.17) is 4.74 Å². The van der Waals surface area contributed by atoms with Gasteiger partial charge in [-0.05, 0) is 69.6 Å². The van der Waals surface area contributed by atoms with Crippen LogP contribution in [0.15, 0.2) is 60.8 Å². The van der Waals surface area contributed by atoms with Gasteiger partial charge in [-0.3, -0.25) is 19.9 Å². The summed E-state index contributed by atoms with van der Waals surface area (Å²) in [4.78, 5) is 33.1. The van der Waals surface area contributed by atoms with Gasteiger partial charge in [0.1, 0.15) is 12.3 Å². The molecule has 1 aliphatic carbocycles. The van der Waals surface area contributed by atoms with Gasteiger partial charge in [0.2, 0.25) is 11.8 Å². The van der Waals surface area contributed by atoms with Crippen LogP contribution in [0.4, 0.5) is 5.69 Å². The Morgan fingerprint density at radius 1 is 1.12 bits per heavy atom. The van der Waals surface area contributed by atoms with Crippen LogP contribution in [0.1, 0.15) is 63.9 Å². The van der Waals surface area contributed by atoms with E-state index in [9.17, 15) is 9.59 Å². The van der Waals surface area contributed by atoms with Crippen LogP contribution in [0.5, 0.6) is 5.75 Å². The quantitative estimate of drug-likeness (QED) is 0.286. The van der Waals surface area contributed by atoms with E-state index in [-0.39, 0.29) is 30.4 Å². The Morgan fingerprint density at radius 2 is 1.90 bits per heavy atom. The summed E-state index contributed by atoms with van der Waals surface area (Å²) in [6, 6.07) is 17.9. The van der Waals surface area contributed by atoms with Gasteiger partial charge in [-0.1, -0.05) is 49.2 Å². The summed E-state index contributed by atoms with van der Waals surface area (Å²) in [5.41, 5.74) is 2.57. The smallest absolute Gasteiger partial charge is 0.242 e. The maximum Gasteiger partial charge on any atom is 0.242 e. The number of methoxy groups -OCH3 is 1. The summed E-state index contributed by atoms with van der Waals surface area (Å²) >= 11 is 0. The number of anilines is 1. The first-order valence-corrected chi connectivity index (χ1v) is 15.1. The second-order valence-electron chi connectivity index (χ2n) is 11.5. The van der Waals surface area contributed by atoms with Gasteiger partial charge in [0.05, 0.1) is 30.0 Å². The monoisotopic (exact) mass is 557 g/mol. The number of aromatic nitrogens is 1. The molecular formula is C33H43N5O3. The molecule has 2 aliphatic rings. The first kappa shape index (κ1) is 28.9. The average Bonchev–Trinajstić information content (AvgIpc) is 3.12. The Balaban J connectivity index is 1.14. The number of hydrogen-bond donors (Lipinski definition) is 3. The second kappa shape index (κ2) is 13.3. The number of pyridine rings is 1. The number of nitrogens with one attached hydrogen (secondary N) is 3. The number of carbonyl (C=O) groups excluding carboxylic acids is 2. The normalized spacial score (nSPS) is 19.2. The van der Waals surface area contributed by atoms with Gasteiger partial charge in [-0.15, -0.1) is 0 Å². The van der Waals surface area contributed by atoms with Crippen molar-refractivity contribution in [2.75, 3.05) is 25.5 Å². The van der Waals surface area contributed by atoms with Crippen molar-refractivity contribution in [2.45, 2.75) is 82.5 Å². The molecule has 0 radical (unpaired) electrons. The van der Waals surface area contributed by atoms with E-state index < -0.39 is 5.66 Å². The Labute approximate surface area is 243 Å². The van der Waals surface area contributed by atoms with Crippen LogP contribution in [-0.4, -0.2) is 59.6 Å². The van der Waals surface area contributed by atoms with Gasteiger partial charge < -0.3 is 20.3 Å². The number of fused-ring (bicyclic) bond motifs is 1. The molecule has 218 valence electrons. The molecule has 1 aliphatic heterocycles. The topological polar surface area (TPSA) is 95.6 Å². The van der Waals surface area contributed by atoms with E-state index in [1.807, 2.05) is 47.4 Å². The van der Waals surface area contributed by atoms with Crippen LogP contribution in [0.25, 0.3) is 10.9 Å². The highest BCUT2D eigenvalue weighted by molar-refractivity contribution is 5.92. The summed E-state index contributed by atoms with van der Waals surface area (Å²) in [5, 5.41) is 11.4. The SMILES string of the molecule is COc1cc(NC(C)CCCNC(=O)CN2C(=O)[C@H](Cc3ccccc3)NC23CCCCCC3)c2ncccc2c1. The fraction of sp³-hybridized carbons (Fsp3) is 0.485. The van der Waals surface area contributed by atoms with Crippen molar-refractivity contribution in [3.8, 4) is 5.75 Å². The summed E-state index contributed by atoms with van der Waals surface area (Å²) in [7, 11) is 1.67. The summed E-state index contributed by atoms with van der Waals surface area (Å²) < 4.78 is 5.47. The van der Waals surface area contributed by atoms with Gasteiger partial charge in [0.15, 0.2) is 0 Å². The zero-order valence-corrected chi connectivity index (χ0v) is 24.3. The number of rotatable bonds is 11. The summed E-state index contributed by atoms with van der Waals surface area (Å²) in [6.07, 6.45) is 10.4. The third-order valence-electron chi connectivity index (χ3n) is 8.49. The highest BCUT2D eigenvalue weighted by Gasteiger charge is 2.50. The minimum Gasteiger partial charge on any atom is -0.497 e. The molecule has 2 amide bonds. The lowest BCUT2D eigenvalue weighted by Gasteiger charge is -2.37. The molecule has 2 atom stereocenters. The lowest BCUT2D eigenvalue weighted by Crippen LogP contribution is -2.55. The fourth-order valence-corrected chi connectivity index (χ4v) is 6.37. The van der Waals surface area contributed by atoms with Crippen LogP contribution < -0.4 is 20.7 Å². The molecule has 1 saturated carbocycles. The van der Waals surface area contributed by atoms with Crippen molar-refractivity contribution in [2.24, 2.45) is 0 Å². The van der Waals surface area contributed by atoms with Crippen LogP contribution in [0.2, 0.25) is 0 Å². The number of carbonyl (C=O) groups is 2. The van der Waals surface area contributed by atoms with Crippen LogP contribution in [-0.2, 0) is 16.0 Å². The molecule has 1 saturated heterocycles. The molecule has 41 heavy (non-hydrogen) atoms. The van der Waals surface area contributed by atoms with E-state index in [0.717, 1.165) is 66.4 Å². The zero-order valence-electron chi connectivity index (χ0n) is 24.3. The molecular weight excluding hydrogens is 514 g/mol. The Morgan fingerprint density at radius 3 is 2.66 bits per heavy atom.